The molecule has 138 valence electrons. The van der Waals surface area contributed by atoms with Crippen LogP contribution in [0.15, 0.2) is 30.6 Å². The lowest BCUT2D eigenvalue weighted by Crippen LogP contribution is -2.48. The number of hydrogen-bond acceptors (Lipinski definition) is 4. The molecule has 1 aliphatic heterocycles. The van der Waals surface area contributed by atoms with E-state index < -0.39 is 0 Å². The van der Waals surface area contributed by atoms with Crippen molar-refractivity contribution in [2.45, 2.75) is 43.9 Å². The summed E-state index contributed by atoms with van der Waals surface area (Å²) in [5, 5.41) is 0. The Balaban J connectivity index is 1.51. The molecule has 0 amide bonds. The highest BCUT2D eigenvalue weighted by atomic mass is 16.7. The van der Waals surface area contributed by atoms with Crippen LogP contribution in [0.4, 0.5) is 0 Å². The third-order valence-electron chi connectivity index (χ3n) is 7.31. The van der Waals surface area contributed by atoms with Gasteiger partial charge < -0.3 is 9.47 Å². The summed E-state index contributed by atoms with van der Waals surface area (Å²) in [6, 6.07) is 6.24. The predicted molar refractivity (Wildman–Crippen MR) is 101 cm³/mol. The molecule has 2 heterocycles. The zero-order valence-electron chi connectivity index (χ0n) is 15.3. The highest BCUT2D eigenvalue weighted by Gasteiger charge is 2.53. The van der Waals surface area contributed by atoms with E-state index in [1.165, 1.54) is 44.1 Å². The Morgan fingerprint density at radius 2 is 1.67 bits per heavy atom. The molecule has 0 unspecified atom stereocenters. The largest absolute Gasteiger partial charge is 0.454 e. The van der Waals surface area contributed by atoms with Crippen molar-refractivity contribution in [3.05, 3.63) is 41.7 Å². The first kappa shape index (κ1) is 15.7. The molecule has 27 heavy (non-hydrogen) atoms. The first-order chi connectivity index (χ1) is 13.2. The van der Waals surface area contributed by atoms with Gasteiger partial charge in [0, 0.05) is 29.1 Å². The molecule has 0 atom stereocenters. The topological polar surface area (TPSA) is 48.4 Å². The van der Waals surface area contributed by atoms with Crippen molar-refractivity contribution in [3.8, 4) is 22.6 Å². The fourth-order valence-electron chi connectivity index (χ4n) is 6.69. The van der Waals surface area contributed by atoms with E-state index in [2.05, 4.69) is 11.1 Å². The van der Waals surface area contributed by atoms with Crippen LogP contribution in [-0.2, 0) is 5.41 Å². The summed E-state index contributed by atoms with van der Waals surface area (Å²) in [4.78, 5) is 15.4. The van der Waals surface area contributed by atoms with E-state index in [1.807, 2.05) is 18.3 Å². The zero-order chi connectivity index (χ0) is 18.0. The van der Waals surface area contributed by atoms with Crippen molar-refractivity contribution >= 4 is 6.29 Å². The summed E-state index contributed by atoms with van der Waals surface area (Å²) in [6.45, 7) is 0.296. The van der Waals surface area contributed by atoms with Gasteiger partial charge in [-0.05, 0) is 85.5 Å². The van der Waals surface area contributed by atoms with Crippen LogP contribution in [0.5, 0.6) is 11.5 Å². The van der Waals surface area contributed by atoms with Gasteiger partial charge in [-0.25, -0.2) is 0 Å². The van der Waals surface area contributed by atoms with Crippen LogP contribution in [0.1, 0.15) is 54.4 Å². The number of carbonyl (C=O) groups is 1. The fraction of sp³-hybridized carbons (Fsp3) is 0.478. The normalized spacial score (nSPS) is 32.7. The standard InChI is InChI=1S/C23H23NO3/c25-12-17-4-19(11-24-10-17)18-5-20(22-21(6-18)26-13-27-22)23-7-14-1-15(8-23)3-16(2-14)9-23/h4-6,10-12,14-16H,1-3,7-9,13H2. The van der Waals surface area contributed by atoms with Gasteiger partial charge in [0.05, 0.1) is 0 Å². The van der Waals surface area contributed by atoms with Crippen LogP contribution < -0.4 is 9.47 Å². The molecule has 4 bridgehead atoms. The molecule has 0 N–H and O–H groups in total. The van der Waals surface area contributed by atoms with Gasteiger partial charge in [-0.15, -0.1) is 0 Å². The number of ether oxygens (including phenoxy) is 2. The highest BCUT2D eigenvalue weighted by Crippen LogP contribution is 2.63. The Labute approximate surface area is 158 Å². The maximum Gasteiger partial charge on any atom is 0.231 e. The number of hydrogen-bond donors (Lipinski definition) is 0. The lowest BCUT2D eigenvalue weighted by atomic mass is 9.48. The molecular formula is C23H23NO3. The van der Waals surface area contributed by atoms with Crippen LogP contribution in [0.3, 0.4) is 0 Å². The Morgan fingerprint density at radius 3 is 2.37 bits per heavy atom. The number of benzene rings is 1. The van der Waals surface area contributed by atoms with Crippen molar-refractivity contribution in [1.82, 2.24) is 4.98 Å². The number of nitrogens with zero attached hydrogens (tertiary/aromatic N) is 1. The number of aldehydes is 1. The van der Waals surface area contributed by atoms with Crippen LogP contribution in [0.25, 0.3) is 11.1 Å². The molecule has 5 aliphatic rings. The van der Waals surface area contributed by atoms with Gasteiger partial charge in [-0.1, -0.05) is 0 Å². The minimum atomic E-state index is 0.234. The van der Waals surface area contributed by atoms with Crippen LogP contribution in [0.2, 0.25) is 0 Å². The average molecular weight is 361 g/mol. The van der Waals surface area contributed by atoms with E-state index in [0.717, 1.165) is 46.7 Å². The molecule has 4 heteroatoms. The summed E-state index contributed by atoms with van der Waals surface area (Å²) in [6.07, 6.45) is 12.4. The predicted octanol–water partition coefficient (Wildman–Crippen LogP) is 4.76. The SMILES string of the molecule is O=Cc1cncc(-c2cc3c(c(C45CC6CC(CC(C6)C4)C5)c2)OCO3)c1. The number of rotatable bonds is 3. The Bertz CT molecular complexity index is 900. The second kappa shape index (κ2) is 5.57. The van der Waals surface area contributed by atoms with E-state index in [9.17, 15) is 4.79 Å². The molecule has 4 saturated carbocycles. The Morgan fingerprint density at radius 1 is 0.926 bits per heavy atom. The maximum atomic E-state index is 11.2. The fourth-order valence-corrected chi connectivity index (χ4v) is 6.69. The van der Waals surface area contributed by atoms with Crippen molar-refractivity contribution < 1.29 is 14.3 Å². The summed E-state index contributed by atoms with van der Waals surface area (Å²) >= 11 is 0. The van der Waals surface area contributed by atoms with E-state index >= 15 is 0 Å². The molecule has 2 aromatic rings. The third-order valence-corrected chi connectivity index (χ3v) is 7.31. The second-order valence-electron chi connectivity index (χ2n) is 9.08. The van der Waals surface area contributed by atoms with Gasteiger partial charge in [-0.3, -0.25) is 9.78 Å². The van der Waals surface area contributed by atoms with E-state index in [4.69, 9.17) is 9.47 Å². The number of fused-ring (bicyclic) bond motifs is 1. The maximum absolute atomic E-state index is 11.2. The highest BCUT2D eigenvalue weighted by molar-refractivity contribution is 5.79. The molecule has 0 spiro atoms. The Kier molecular flexibility index (Phi) is 3.23. The van der Waals surface area contributed by atoms with Gasteiger partial charge in [0.2, 0.25) is 6.79 Å². The first-order valence-corrected chi connectivity index (χ1v) is 10.1. The molecule has 4 nitrogen and oxygen atoms in total. The minimum absolute atomic E-state index is 0.234. The van der Waals surface area contributed by atoms with Crippen molar-refractivity contribution in [3.63, 3.8) is 0 Å². The monoisotopic (exact) mass is 361 g/mol. The summed E-state index contributed by atoms with van der Waals surface area (Å²) in [5.41, 5.74) is 4.20. The molecule has 0 radical (unpaired) electrons. The molecule has 7 rings (SSSR count). The average Bonchev–Trinajstić information content (AvgIpc) is 3.15. The van der Waals surface area contributed by atoms with E-state index in [1.54, 1.807) is 6.20 Å². The van der Waals surface area contributed by atoms with E-state index in [-0.39, 0.29) is 5.41 Å². The number of aromatic nitrogens is 1. The van der Waals surface area contributed by atoms with Gasteiger partial charge in [0.25, 0.3) is 0 Å². The zero-order valence-corrected chi connectivity index (χ0v) is 15.3. The minimum Gasteiger partial charge on any atom is -0.454 e. The molecule has 4 fully saturated rings. The summed E-state index contributed by atoms with van der Waals surface area (Å²) in [7, 11) is 0. The van der Waals surface area contributed by atoms with Crippen LogP contribution in [0, 0.1) is 17.8 Å². The Hall–Kier alpha value is -2.36. The quantitative estimate of drug-likeness (QED) is 0.740. The molecule has 1 aromatic carbocycles. The smallest absolute Gasteiger partial charge is 0.231 e. The van der Waals surface area contributed by atoms with Crippen LogP contribution in [-0.4, -0.2) is 18.1 Å². The molecule has 0 saturated heterocycles. The van der Waals surface area contributed by atoms with E-state index in [0.29, 0.717) is 12.4 Å². The lowest BCUT2D eigenvalue weighted by Gasteiger charge is -2.57. The third kappa shape index (κ3) is 2.35. The lowest BCUT2D eigenvalue weighted by molar-refractivity contribution is -0.00626. The number of carbonyl (C=O) groups excluding carboxylic acids is 1. The summed E-state index contributed by atoms with van der Waals surface area (Å²) < 4.78 is 11.8. The van der Waals surface area contributed by atoms with Gasteiger partial charge >= 0.3 is 0 Å². The van der Waals surface area contributed by atoms with Gasteiger partial charge in [-0.2, -0.15) is 0 Å². The number of pyridine rings is 1. The van der Waals surface area contributed by atoms with Crippen molar-refractivity contribution in [2.24, 2.45) is 17.8 Å². The summed E-state index contributed by atoms with van der Waals surface area (Å²) in [5.74, 6) is 4.42. The van der Waals surface area contributed by atoms with Crippen molar-refractivity contribution in [2.75, 3.05) is 6.79 Å². The van der Waals surface area contributed by atoms with Crippen LogP contribution >= 0.6 is 0 Å². The van der Waals surface area contributed by atoms with Gasteiger partial charge in [0.1, 0.15) is 0 Å². The molecule has 1 aromatic heterocycles. The molecule has 4 aliphatic carbocycles. The van der Waals surface area contributed by atoms with Crippen molar-refractivity contribution in [1.29, 1.82) is 0 Å². The molecular weight excluding hydrogens is 338 g/mol. The second-order valence-corrected chi connectivity index (χ2v) is 9.08. The van der Waals surface area contributed by atoms with Gasteiger partial charge in [0.15, 0.2) is 17.8 Å². The first-order valence-electron chi connectivity index (χ1n) is 10.1.